The first-order chi connectivity index (χ1) is 24.7. The van der Waals surface area contributed by atoms with Crippen LogP contribution in [0.25, 0.3) is 0 Å². The lowest BCUT2D eigenvalue weighted by Gasteiger charge is -2.19. The third kappa shape index (κ3) is 38.1. The maximum atomic E-state index is 12.3. The van der Waals surface area contributed by atoms with E-state index in [0.717, 1.165) is 32.1 Å². The van der Waals surface area contributed by atoms with Crippen molar-refractivity contribution >= 4 is 5.91 Å². The molecule has 0 rings (SSSR count). The number of carbonyl (C=O) groups is 1. The standard InChI is InChI=1S/C46H89NO3/c1-3-5-7-9-11-13-15-16-17-18-19-20-21-22-23-24-25-26-27-28-29-30-32-33-35-37-39-41-45(49)44(43-48)47-46(50)42-40-38-36-34-31-14-12-10-8-6-4-2/h32-33,39,41,44-45,48-49H,3-31,34-38,40,42-43H2,1-2H3,(H,47,50)/b33-32+,41-39+. The second-order valence-corrected chi connectivity index (χ2v) is 15.5. The van der Waals surface area contributed by atoms with Crippen LogP contribution in [0.1, 0.15) is 245 Å². The predicted molar refractivity (Wildman–Crippen MR) is 221 cm³/mol. The lowest BCUT2D eigenvalue weighted by Crippen LogP contribution is -2.45. The van der Waals surface area contributed by atoms with Crippen LogP contribution < -0.4 is 5.32 Å². The number of aliphatic hydroxyl groups is 2. The van der Waals surface area contributed by atoms with Gasteiger partial charge in [0.05, 0.1) is 18.8 Å². The minimum Gasteiger partial charge on any atom is -0.394 e. The zero-order valence-corrected chi connectivity index (χ0v) is 33.9. The third-order valence-electron chi connectivity index (χ3n) is 10.4. The van der Waals surface area contributed by atoms with E-state index in [0.29, 0.717) is 6.42 Å². The quantitative estimate of drug-likeness (QED) is 0.0438. The molecule has 0 bridgehead atoms. The molecule has 0 saturated heterocycles. The van der Waals surface area contributed by atoms with Crippen LogP contribution in [0.5, 0.6) is 0 Å². The zero-order valence-electron chi connectivity index (χ0n) is 33.9. The zero-order chi connectivity index (χ0) is 36.4. The van der Waals surface area contributed by atoms with Crippen LogP contribution >= 0.6 is 0 Å². The predicted octanol–water partition coefficient (Wildman–Crippen LogP) is 14.0. The molecule has 0 aliphatic heterocycles. The van der Waals surface area contributed by atoms with E-state index in [1.807, 2.05) is 6.08 Å². The Kier molecular flexibility index (Phi) is 41.3. The summed E-state index contributed by atoms with van der Waals surface area (Å²) < 4.78 is 0. The number of carbonyl (C=O) groups excluding carboxylic acids is 1. The van der Waals surface area contributed by atoms with Gasteiger partial charge in [0.2, 0.25) is 5.91 Å². The first-order valence-corrected chi connectivity index (χ1v) is 22.6. The molecule has 296 valence electrons. The Morgan fingerprint density at radius 1 is 0.460 bits per heavy atom. The lowest BCUT2D eigenvalue weighted by atomic mass is 10.0. The van der Waals surface area contributed by atoms with Crippen molar-refractivity contribution in [1.29, 1.82) is 0 Å². The minimum atomic E-state index is -0.857. The molecule has 2 unspecified atom stereocenters. The highest BCUT2D eigenvalue weighted by Gasteiger charge is 2.17. The number of allylic oxidation sites excluding steroid dienone is 3. The average molecular weight is 704 g/mol. The molecular formula is C46H89NO3. The normalized spacial score (nSPS) is 13.1. The molecule has 0 aromatic heterocycles. The van der Waals surface area contributed by atoms with Crippen LogP contribution in [-0.2, 0) is 4.79 Å². The average Bonchev–Trinajstić information content (AvgIpc) is 3.12. The summed E-state index contributed by atoms with van der Waals surface area (Å²) in [6.45, 7) is 4.30. The van der Waals surface area contributed by atoms with Crippen LogP contribution in [0.3, 0.4) is 0 Å². The van der Waals surface area contributed by atoms with Crippen LogP contribution in [0, 0.1) is 0 Å². The summed E-state index contributed by atoms with van der Waals surface area (Å²) in [5.41, 5.74) is 0. The van der Waals surface area contributed by atoms with Gasteiger partial charge in [0.1, 0.15) is 0 Å². The smallest absolute Gasteiger partial charge is 0.220 e. The van der Waals surface area contributed by atoms with Crippen molar-refractivity contribution in [3.63, 3.8) is 0 Å². The van der Waals surface area contributed by atoms with Crippen LogP contribution in [0.15, 0.2) is 24.3 Å². The highest BCUT2D eigenvalue weighted by Crippen LogP contribution is 2.16. The summed E-state index contributed by atoms with van der Waals surface area (Å²) in [4.78, 5) is 12.3. The third-order valence-corrected chi connectivity index (χ3v) is 10.4. The first kappa shape index (κ1) is 48.9. The summed E-state index contributed by atoms with van der Waals surface area (Å²) in [5, 5.41) is 22.9. The number of hydrogen-bond acceptors (Lipinski definition) is 3. The number of hydrogen-bond donors (Lipinski definition) is 3. The molecular weight excluding hydrogens is 615 g/mol. The van der Waals surface area contributed by atoms with Gasteiger partial charge in [0.25, 0.3) is 0 Å². The molecule has 4 heteroatoms. The van der Waals surface area contributed by atoms with Gasteiger partial charge in [-0.05, 0) is 32.1 Å². The van der Waals surface area contributed by atoms with Crippen molar-refractivity contribution in [2.45, 2.75) is 257 Å². The van der Waals surface area contributed by atoms with Crippen molar-refractivity contribution < 1.29 is 15.0 Å². The van der Waals surface area contributed by atoms with Crippen molar-refractivity contribution in [1.82, 2.24) is 5.32 Å². The molecule has 4 nitrogen and oxygen atoms in total. The van der Waals surface area contributed by atoms with Gasteiger partial charge in [0, 0.05) is 6.42 Å². The van der Waals surface area contributed by atoms with E-state index >= 15 is 0 Å². The second kappa shape index (κ2) is 42.3. The van der Waals surface area contributed by atoms with Gasteiger partial charge >= 0.3 is 0 Å². The van der Waals surface area contributed by atoms with Gasteiger partial charge in [-0.1, -0.05) is 231 Å². The summed E-state index contributed by atoms with van der Waals surface area (Å²) in [7, 11) is 0. The van der Waals surface area contributed by atoms with Crippen molar-refractivity contribution in [3.05, 3.63) is 24.3 Å². The van der Waals surface area contributed by atoms with Gasteiger partial charge < -0.3 is 15.5 Å². The Morgan fingerprint density at radius 3 is 1.16 bits per heavy atom. The lowest BCUT2D eigenvalue weighted by molar-refractivity contribution is -0.123. The maximum Gasteiger partial charge on any atom is 0.220 e. The number of amides is 1. The molecule has 0 saturated carbocycles. The molecule has 0 aliphatic rings. The molecule has 0 aromatic rings. The molecule has 50 heavy (non-hydrogen) atoms. The highest BCUT2D eigenvalue weighted by atomic mass is 16.3. The summed E-state index contributed by atoms with van der Waals surface area (Å²) in [6.07, 6.45) is 54.5. The second-order valence-electron chi connectivity index (χ2n) is 15.5. The topological polar surface area (TPSA) is 69.6 Å². The highest BCUT2D eigenvalue weighted by molar-refractivity contribution is 5.76. The summed E-state index contributed by atoms with van der Waals surface area (Å²) in [5.74, 6) is -0.0735. The molecule has 0 radical (unpaired) electrons. The Balaban J connectivity index is 3.51. The van der Waals surface area contributed by atoms with Crippen molar-refractivity contribution in [2.75, 3.05) is 6.61 Å². The van der Waals surface area contributed by atoms with E-state index in [-0.39, 0.29) is 12.5 Å². The SMILES string of the molecule is CCCCCCCCCCCCCCCCCCCCCCC/C=C/CC/C=C/C(O)C(CO)NC(=O)CCCCCCCCCCCCC. The van der Waals surface area contributed by atoms with Crippen LogP contribution in [0.4, 0.5) is 0 Å². The molecule has 1 amide bonds. The number of rotatable bonds is 41. The Hall–Kier alpha value is -1.13. The summed E-state index contributed by atoms with van der Waals surface area (Å²) in [6, 6.07) is -0.633. The first-order valence-electron chi connectivity index (χ1n) is 22.6. The number of nitrogens with one attached hydrogen (secondary N) is 1. The van der Waals surface area contributed by atoms with E-state index in [9.17, 15) is 15.0 Å². The minimum absolute atomic E-state index is 0.0735. The van der Waals surface area contributed by atoms with Gasteiger partial charge in [0.15, 0.2) is 0 Å². The fraction of sp³-hybridized carbons (Fsp3) is 0.891. The molecule has 0 aliphatic carbocycles. The Bertz CT molecular complexity index is 720. The number of unbranched alkanes of at least 4 members (excludes halogenated alkanes) is 32. The fourth-order valence-electron chi connectivity index (χ4n) is 6.96. The van der Waals surface area contributed by atoms with Gasteiger partial charge in [-0.3, -0.25) is 4.79 Å². The van der Waals surface area contributed by atoms with Crippen molar-refractivity contribution in [3.8, 4) is 0 Å². The molecule has 3 N–H and O–H groups in total. The Morgan fingerprint density at radius 2 is 0.780 bits per heavy atom. The van der Waals surface area contributed by atoms with E-state index in [1.54, 1.807) is 6.08 Å². The summed E-state index contributed by atoms with van der Waals surface area (Å²) >= 11 is 0. The molecule has 0 aromatic carbocycles. The maximum absolute atomic E-state index is 12.3. The van der Waals surface area contributed by atoms with Crippen LogP contribution in [0.2, 0.25) is 0 Å². The van der Waals surface area contributed by atoms with Gasteiger partial charge in [-0.2, -0.15) is 0 Å². The monoisotopic (exact) mass is 704 g/mol. The molecule has 2 atom stereocenters. The molecule has 0 heterocycles. The largest absolute Gasteiger partial charge is 0.394 e. The molecule has 0 spiro atoms. The Labute approximate surface area is 313 Å². The van der Waals surface area contributed by atoms with E-state index in [4.69, 9.17) is 0 Å². The fourth-order valence-corrected chi connectivity index (χ4v) is 6.96. The number of aliphatic hydroxyl groups excluding tert-OH is 2. The van der Waals surface area contributed by atoms with Gasteiger partial charge in [-0.25, -0.2) is 0 Å². The van der Waals surface area contributed by atoms with E-state index in [1.165, 1.54) is 193 Å². The van der Waals surface area contributed by atoms with Crippen molar-refractivity contribution in [2.24, 2.45) is 0 Å². The van der Waals surface area contributed by atoms with E-state index < -0.39 is 12.1 Å². The van der Waals surface area contributed by atoms with Crippen LogP contribution in [-0.4, -0.2) is 34.9 Å². The van der Waals surface area contributed by atoms with E-state index in [2.05, 4.69) is 31.3 Å². The van der Waals surface area contributed by atoms with Gasteiger partial charge in [-0.15, -0.1) is 0 Å². The molecule has 0 fully saturated rings.